The number of hydrogen-bond acceptors (Lipinski definition) is 3. The first-order chi connectivity index (χ1) is 7.69. The van der Waals surface area contributed by atoms with Crippen LogP contribution in [0.2, 0.25) is 0 Å². The molecule has 0 unspecified atom stereocenters. The van der Waals surface area contributed by atoms with Gasteiger partial charge in [0.1, 0.15) is 5.75 Å². The molecule has 1 rings (SSSR count). The molecule has 0 aliphatic carbocycles. The number of ether oxygens (including phenoxy) is 1. The summed E-state index contributed by atoms with van der Waals surface area (Å²) in [6.45, 7) is 6.01. The lowest BCUT2D eigenvalue weighted by molar-refractivity contribution is 0.286. The van der Waals surface area contributed by atoms with E-state index in [1.165, 1.54) is 16.7 Å². The highest BCUT2D eigenvalue weighted by Crippen LogP contribution is 2.23. The van der Waals surface area contributed by atoms with Crippen LogP contribution in [0, 0.1) is 13.8 Å². The van der Waals surface area contributed by atoms with E-state index in [-0.39, 0.29) is 6.61 Å². The Kier molecular flexibility index (Phi) is 5.29. The zero-order chi connectivity index (χ0) is 12.0. The summed E-state index contributed by atoms with van der Waals surface area (Å²) in [6, 6.07) is 4.21. The molecule has 3 heteroatoms. The third kappa shape index (κ3) is 3.51. The fourth-order valence-corrected chi connectivity index (χ4v) is 1.78. The number of methoxy groups -OCH3 is 1. The lowest BCUT2D eigenvalue weighted by Gasteiger charge is -2.13. The molecule has 0 atom stereocenters. The predicted octanol–water partition coefficient (Wildman–Crippen LogP) is 1.78. The zero-order valence-corrected chi connectivity index (χ0v) is 10.3. The Hall–Kier alpha value is -1.06. The summed E-state index contributed by atoms with van der Waals surface area (Å²) < 4.78 is 5.37. The minimum atomic E-state index is 0.233. The van der Waals surface area contributed by atoms with Gasteiger partial charge in [-0.25, -0.2) is 0 Å². The second kappa shape index (κ2) is 6.51. The van der Waals surface area contributed by atoms with Crippen LogP contribution in [0.15, 0.2) is 12.1 Å². The maximum atomic E-state index is 8.69. The first-order valence-corrected chi connectivity index (χ1v) is 5.64. The van der Waals surface area contributed by atoms with E-state index in [0.717, 1.165) is 25.3 Å². The van der Waals surface area contributed by atoms with Crippen molar-refractivity contribution in [1.29, 1.82) is 0 Å². The molecule has 0 saturated carbocycles. The van der Waals surface area contributed by atoms with Gasteiger partial charge in [-0.2, -0.15) is 0 Å². The summed E-state index contributed by atoms with van der Waals surface area (Å²) in [5, 5.41) is 12.0. The summed E-state index contributed by atoms with van der Waals surface area (Å²) in [5.41, 5.74) is 3.66. The first kappa shape index (κ1) is 13.0. The smallest absolute Gasteiger partial charge is 0.123 e. The number of aryl methyl sites for hydroxylation is 2. The van der Waals surface area contributed by atoms with Crippen LogP contribution in [0.1, 0.15) is 23.1 Å². The Balaban J connectivity index is 2.70. The fraction of sp³-hybridized carbons (Fsp3) is 0.538. The number of aliphatic hydroxyl groups is 1. The number of aliphatic hydroxyl groups excluding tert-OH is 1. The van der Waals surface area contributed by atoms with Crippen LogP contribution in [0.3, 0.4) is 0 Å². The van der Waals surface area contributed by atoms with Gasteiger partial charge in [0.25, 0.3) is 0 Å². The minimum absolute atomic E-state index is 0.233. The summed E-state index contributed by atoms with van der Waals surface area (Å²) in [7, 11) is 1.70. The van der Waals surface area contributed by atoms with Crippen molar-refractivity contribution >= 4 is 0 Å². The van der Waals surface area contributed by atoms with Gasteiger partial charge in [-0.1, -0.05) is 6.07 Å². The molecule has 1 aromatic carbocycles. The summed E-state index contributed by atoms with van der Waals surface area (Å²) >= 11 is 0. The third-order valence-corrected chi connectivity index (χ3v) is 2.61. The van der Waals surface area contributed by atoms with Crippen LogP contribution in [-0.4, -0.2) is 25.4 Å². The summed E-state index contributed by atoms with van der Waals surface area (Å²) in [6.07, 6.45) is 0.785. The highest BCUT2D eigenvalue weighted by atomic mass is 16.5. The first-order valence-electron chi connectivity index (χ1n) is 5.64. The van der Waals surface area contributed by atoms with E-state index < -0.39 is 0 Å². The quantitative estimate of drug-likeness (QED) is 0.722. The molecular weight excluding hydrogens is 202 g/mol. The molecule has 90 valence electrons. The lowest BCUT2D eigenvalue weighted by Crippen LogP contribution is -2.17. The molecule has 0 aliphatic heterocycles. The monoisotopic (exact) mass is 223 g/mol. The van der Waals surface area contributed by atoms with Crippen LogP contribution in [0.4, 0.5) is 0 Å². The van der Waals surface area contributed by atoms with Gasteiger partial charge in [0.05, 0.1) is 7.11 Å². The van der Waals surface area contributed by atoms with E-state index in [1.807, 2.05) is 0 Å². The SMILES string of the molecule is COc1cc(C)cc(C)c1CNCCCO. The van der Waals surface area contributed by atoms with Crippen molar-refractivity contribution in [3.05, 3.63) is 28.8 Å². The molecule has 1 aromatic rings. The van der Waals surface area contributed by atoms with Crippen molar-refractivity contribution in [2.75, 3.05) is 20.3 Å². The van der Waals surface area contributed by atoms with Crippen LogP contribution in [0.5, 0.6) is 5.75 Å². The van der Waals surface area contributed by atoms with E-state index in [4.69, 9.17) is 9.84 Å². The van der Waals surface area contributed by atoms with E-state index in [1.54, 1.807) is 7.11 Å². The fourth-order valence-electron chi connectivity index (χ4n) is 1.78. The normalized spacial score (nSPS) is 10.5. The average molecular weight is 223 g/mol. The molecule has 2 N–H and O–H groups in total. The topological polar surface area (TPSA) is 41.5 Å². The summed E-state index contributed by atoms with van der Waals surface area (Å²) in [5.74, 6) is 0.939. The van der Waals surface area contributed by atoms with E-state index in [0.29, 0.717) is 0 Å². The molecule has 0 saturated heterocycles. The molecule has 16 heavy (non-hydrogen) atoms. The van der Waals surface area contributed by atoms with Crippen molar-refractivity contribution in [2.24, 2.45) is 0 Å². The van der Waals surface area contributed by atoms with Gasteiger partial charge in [-0.05, 0) is 44.0 Å². The number of nitrogens with one attached hydrogen (secondary N) is 1. The van der Waals surface area contributed by atoms with Gasteiger partial charge in [-0.3, -0.25) is 0 Å². The molecule has 0 bridgehead atoms. The largest absolute Gasteiger partial charge is 0.496 e. The zero-order valence-electron chi connectivity index (χ0n) is 10.3. The molecule has 0 spiro atoms. The number of benzene rings is 1. The van der Waals surface area contributed by atoms with Gasteiger partial charge in [0.2, 0.25) is 0 Å². The minimum Gasteiger partial charge on any atom is -0.496 e. The van der Waals surface area contributed by atoms with Gasteiger partial charge < -0.3 is 15.2 Å². The van der Waals surface area contributed by atoms with Gasteiger partial charge >= 0.3 is 0 Å². The number of hydrogen-bond donors (Lipinski definition) is 2. The average Bonchev–Trinajstić information content (AvgIpc) is 2.26. The van der Waals surface area contributed by atoms with Gasteiger partial charge in [-0.15, -0.1) is 0 Å². The third-order valence-electron chi connectivity index (χ3n) is 2.61. The predicted molar refractivity (Wildman–Crippen MR) is 65.9 cm³/mol. The molecule has 0 fully saturated rings. The van der Waals surface area contributed by atoms with Crippen LogP contribution in [-0.2, 0) is 6.54 Å². The maximum absolute atomic E-state index is 8.69. The lowest BCUT2D eigenvalue weighted by atomic mass is 10.0. The highest BCUT2D eigenvalue weighted by molar-refractivity contribution is 5.42. The van der Waals surface area contributed by atoms with Crippen molar-refractivity contribution in [2.45, 2.75) is 26.8 Å². The second-order valence-corrected chi connectivity index (χ2v) is 4.02. The van der Waals surface area contributed by atoms with Crippen molar-refractivity contribution < 1.29 is 9.84 Å². The summed E-state index contributed by atoms with van der Waals surface area (Å²) in [4.78, 5) is 0. The van der Waals surface area contributed by atoms with Gasteiger partial charge in [0, 0.05) is 18.7 Å². The molecule has 0 aromatic heterocycles. The molecule has 3 nitrogen and oxygen atoms in total. The highest BCUT2D eigenvalue weighted by Gasteiger charge is 2.06. The molecule has 0 amide bonds. The molecule has 0 radical (unpaired) electrons. The molecule has 0 heterocycles. The van der Waals surface area contributed by atoms with Crippen LogP contribution in [0.25, 0.3) is 0 Å². The Morgan fingerprint density at radius 1 is 1.31 bits per heavy atom. The molecular formula is C13H21NO2. The molecule has 0 aliphatic rings. The van der Waals surface area contributed by atoms with Crippen molar-refractivity contribution in [3.63, 3.8) is 0 Å². The van der Waals surface area contributed by atoms with Gasteiger partial charge in [0.15, 0.2) is 0 Å². The van der Waals surface area contributed by atoms with E-state index in [2.05, 4.69) is 31.3 Å². The van der Waals surface area contributed by atoms with Crippen LogP contribution >= 0.6 is 0 Å². The second-order valence-electron chi connectivity index (χ2n) is 4.02. The van der Waals surface area contributed by atoms with Crippen molar-refractivity contribution in [1.82, 2.24) is 5.32 Å². The Morgan fingerprint density at radius 2 is 2.06 bits per heavy atom. The Morgan fingerprint density at radius 3 is 2.69 bits per heavy atom. The Labute approximate surface area is 97.4 Å². The number of rotatable bonds is 6. The van der Waals surface area contributed by atoms with Crippen molar-refractivity contribution in [3.8, 4) is 5.75 Å². The van der Waals surface area contributed by atoms with Crippen LogP contribution < -0.4 is 10.1 Å². The maximum Gasteiger partial charge on any atom is 0.123 e. The van der Waals surface area contributed by atoms with E-state index >= 15 is 0 Å². The Bertz CT molecular complexity index is 337. The van der Waals surface area contributed by atoms with E-state index in [9.17, 15) is 0 Å². The standard InChI is InChI=1S/C13H21NO2/c1-10-7-11(2)12(13(8-10)16-3)9-14-5-4-6-15/h7-8,14-15H,4-6,9H2,1-3H3.